The number of hydrogen-bond acceptors (Lipinski definition) is 4. The van der Waals surface area contributed by atoms with Crippen LogP contribution in [-0.4, -0.2) is 24.9 Å². The molecule has 1 N–H and O–H groups in total. The Bertz CT molecular complexity index is 3790. The van der Waals surface area contributed by atoms with E-state index in [-0.39, 0.29) is 0 Å². The molecule has 8 aromatic carbocycles. The predicted octanol–water partition coefficient (Wildman–Crippen LogP) is 28.2. The number of fused-ring (bicyclic) bond motifs is 7. The van der Waals surface area contributed by atoms with Crippen LogP contribution >= 0.6 is 0 Å². The molecule has 5 aromatic heterocycles. The van der Waals surface area contributed by atoms with Gasteiger partial charge in [0.15, 0.2) is 0 Å². The normalized spacial score (nSPS) is 10.7. The zero-order valence-corrected chi connectivity index (χ0v) is 64.3. The summed E-state index contributed by atoms with van der Waals surface area (Å²) < 4.78 is 0. The minimum absolute atomic E-state index is 0.802. The number of aryl methyl sites for hydroxylation is 7. The summed E-state index contributed by atoms with van der Waals surface area (Å²) in [5, 5.41) is 8.74. The summed E-state index contributed by atoms with van der Waals surface area (Å²) in [5.74, 6) is 0.802. The molecular weight excluding hydrogens is 1180 g/mol. The maximum Gasteiger partial charge on any atom is 0.0735 e. The van der Waals surface area contributed by atoms with E-state index in [9.17, 15) is 0 Å². The maximum absolute atomic E-state index is 4.38. The average Bonchev–Trinajstić information content (AvgIpc) is 1.91. The van der Waals surface area contributed by atoms with Gasteiger partial charge in [0.1, 0.15) is 0 Å². The molecule has 15 rings (SSSR count). The molecule has 2 aliphatic carbocycles. The number of benzene rings is 8. The van der Waals surface area contributed by atoms with Crippen molar-refractivity contribution in [2.75, 3.05) is 0 Å². The lowest BCUT2D eigenvalue weighted by Gasteiger charge is -2.01. The Labute approximate surface area is 590 Å². The largest absolute Gasteiger partial charge is 0.361 e. The van der Waals surface area contributed by atoms with Crippen molar-refractivity contribution in [2.45, 2.75) is 191 Å². The Morgan fingerprint density at radius 2 is 0.856 bits per heavy atom. The lowest BCUT2D eigenvalue weighted by atomic mass is 10.0. The van der Waals surface area contributed by atoms with Crippen LogP contribution in [0.4, 0.5) is 0 Å². The molecule has 0 saturated carbocycles. The van der Waals surface area contributed by atoms with Crippen molar-refractivity contribution in [1.29, 1.82) is 0 Å². The topological polar surface area (TPSA) is 67.3 Å². The van der Waals surface area contributed by atoms with Gasteiger partial charge in [-0.05, 0) is 160 Å². The lowest BCUT2D eigenvalue weighted by molar-refractivity contribution is 0.747. The number of H-pyrrole nitrogens is 1. The minimum Gasteiger partial charge on any atom is -0.361 e. The first-order chi connectivity index (χ1) is 47.4. The third-order valence-electron chi connectivity index (χ3n) is 14.1. The van der Waals surface area contributed by atoms with Gasteiger partial charge in [-0.3, -0.25) is 19.9 Å². The third-order valence-corrected chi connectivity index (χ3v) is 14.1. The summed E-state index contributed by atoms with van der Waals surface area (Å²) in [6.07, 6.45) is 13.6. The maximum atomic E-state index is 4.38. The Hall–Kier alpha value is -9.32. The molecule has 5 heterocycles. The van der Waals surface area contributed by atoms with E-state index in [0.29, 0.717) is 0 Å². The summed E-state index contributed by atoms with van der Waals surface area (Å²) in [7, 11) is 0. The molecule has 0 bridgehead atoms. The van der Waals surface area contributed by atoms with E-state index >= 15 is 0 Å². The molecular formula is C92H123N5. The molecule has 2 aliphatic rings. The van der Waals surface area contributed by atoms with Gasteiger partial charge in [0.25, 0.3) is 0 Å². The highest BCUT2D eigenvalue weighted by molar-refractivity contribution is 5.84. The van der Waals surface area contributed by atoms with Gasteiger partial charge in [0.05, 0.1) is 11.0 Å². The summed E-state index contributed by atoms with van der Waals surface area (Å²) in [6.45, 7) is 48.8. The zero-order chi connectivity index (χ0) is 72.8. The van der Waals surface area contributed by atoms with Crippen molar-refractivity contribution in [1.82, 2.24) is 24.9 Å². The van der Waals surface area contributed by atoms with Crippen LogP contribution < -0.4 is 0 Å². The Morgan fingerprint density at radius 1 is 0.371 bits per heavy atom. The molecule has 1 atom stereocenters. The number of rotatable bonds is 0. The van der Waals surface area contributed by atoms with Crippen molar-refractivity contribution in [3.63, 3.8) is 0 Å². The van der Waals surface area contributed by atoms with Gasteiger partial charge >= 0.3 is 0 Å². The van der Waals surface area contributed by atoms with E-state index in [0.717, 1.165) is 45.8 Å². The van der Waals surface area contributed by atoms with Crippen LogP contribution in [0.25, 0.3) is 60.3 Å². The van der Waals surface area contributed by atoms with E-state index in [4.69, 9.17) is 0 Å². The van der Waals surface area contributed by atoms with Gasteiger partial charge in [-0.15, -0.1) is 0 Å². The average molecular weight is 1300 g/mol. The highest BCUT2D eigenvalue weighted by Crippen LogP contribution is 2.32. The molecule has 1 unspecified atom stereocenters. The fraction of sp³-hybridized carbons (Fsp3) is 0.304. The highest BCUT2D eigenvalue weighted by atomic mass is 14.7. The lowest BCUT2D eigenvalue weighted by Crippen LogP contribution is -1.83. The number of hydrogen-bond donors (Lipinski definition) is 1. The Morgan fingerprint density at radius 3 is 1.44 bits per heavy atom. The number of pyridine rings is 4. The first-order valence-electron chi connectivity index (χ1n) is 36.1. The van der Waals surface area contributed by atoms with Crippen molar-refractivity contribution < 1.29 is 0 Å². The minimum atomic E-state index is 0.802. The zero-order valence-electron chi connectivity index (χ0n) is 64.3. The number of para-hydroxylation sites is 2. The summed E-state index contributed by atoms with van der Waals surface area (Å²) in [6, 6.07) is 79.4. The fourth-order valence-corrected chi connectivity index (χ4v) is 9.71. The Kier molecular flexibility index (Phi) is 49.6. The van der Waals surface area contributed by atoms with Crippen molar-refractivity contribution in [3.05, 3.63) is 317 Å². The summed E-state index contributed by atoms with van der Waals surface area (Å²) in [5.41, 5.74) is 17.9. The van der Waals surface area contributed by atoms with Crippen LogP contribution in [0, 0.1) is 41.5 Å². The van der Waals surface area contributed by atoms with E-state index in [1.54, 1.807) is 17.3 Å². The van der Waals surface area contributed by atoms with E-state index in [2.05, 4.69) is 217 Å². The van der Waals surface area contributed by atoms with E-state index < -0.39 is 0 Å². The van der Waals surface area contributed by atoms with Crippen LogP contribution in [0.15, 0.2) is 261 Å². The standard InChI is InChI=1S/C11H10.2C10H9N.C10H10.C10H12.C9H8N2.C9H9N.C7H8.8C2H6/c1-9-6-7-10-4-2-3-5-11(10)8-9;1-8-6-9-4-2-3-5-10(9)7-11-8;1-8-6-7-9-4-2-3-5-10(9)11-8;1-8-6-9-4-2-3-5-10(9)7-8;1-8-6-7-9-4-2-3-5-10(8)9;1-7-2-3-8-6-10-5-4-9(8)11-7;1-7-6-10-9-5-3-2-4-8(7)9;1-7-5-3-2-4-6-7;8*1-2/h2-8H,1H3;2*2-7H,1H3;2-6H,7H2,1H3;2-5,8H,6-7H2,1H3;2-6H,1H3;2-6,10H,1H3;2-6H,1H3;8*1-2H3. The molecule has 5 nitrogen and oxygen atoms in total. The van der Waals surface area contributed by atoms with Crippen LogP contribution in [0.3, 0.4) is 0 Å². The first-order valence-corrected chi connectivity index (χ1v) is 36.1. The van der Waals surface area contributed by atoms with Gasteiger partial charge in [0.2, 0.25) is 0 Å². The quantitative estimate of drug-likeness (QED) is 0.164. The van der Waals surface area contributed by atoms with Crippen molar-refractivity contribution in [3.8, 4) is 0 Å². The van der Waals surface area contributed by atoms with Crippen LogP contribution in [0.5, 0.6) is 0 Å². The summed E-state index contributed by atoms with van der Waals surface area (Å²) >= 11 is 0. The number of aromatic amines is 1. The van der Waals surface area contributed by atoms with E-state index in [1.165, 1.54) is 84.1 Å². The van der Waals surface area contributed by atoms with E-state index in [1.807, 2.05) is 229 Å². The number of allylic oxidation sites excluding steroid dienone is 1. The van der Waals surface area contributed by atoms with Crippen LogP contribution in [0.2, 0.25) is 0 Å². The number of aromatic nitrogens is 5. The second-order valence-corrected chi connectivity index (χ2v) is 20.9. The smallest absolute Gasteiger partial charge is 0.0735 e. The second kappa shape index (κ2) is 54.9. The second-order valence-electron chi connectivity index (χ2n) is 20.9. The van der Waals surface area contributed by atoms with Gasteiger partial charge in [-0.1, -0.05) is 329 Å². The molecule has 0 fully saturated rings. The monoisotopic (exact) mass is 1300 g/mol. The fourth-order valence-electron chi connectivity index (χ4n) is 9.71. The van der Waals surface area contributed by atoms with Gasteiger partial charge in [-0.25, -0.2) is 0 Å². The summed E-state index contributed by atoms with van der Waals surface area (Å²) in [4.78, 5) is 20.1. The van der Waals surface area contributed by atoms with Crippen molar-refractivity contribution >= 4 is 60.3 Å². The van der Waals surface area contributed by atoms with Gasteiger partial charge in [-0.2, -0.15) is 0 Å². The molecule has 0 radical (unpaired) electrons. The molecule has 0 saturated heterocycles. The first kappa shape index (κ1) is 87.7. The number of nitrogens with one attached hydrogen (secondary N) is 1. The molecule has 516 valence electrons. The van der Waals surface area contributed by atoms with Crippen molar-refractivity contribution in [2.24, 2.45) is 0 Å². The molecule has 13 aromatic rings. The molecule has 0 spiro atoms. The van der Waals surface area contributed by atoms with Crippen LogP contribution in [-0.2, 0) is 12.8 Å². The molecule has 0 amide bonds. The highest BCUT2D eigenvalue weighted by Gasteiger charge is 2.16. The third kappa shape index (κ3) is 32.8. The van der Waals surface area contributed by atoms with Gasteiger partial charge in [0, 0.05) is 68.9 Å². The molecule has 5 heteroatoms. The van der Waals surface area contributed by atoms with Crippen LogP contribution in [0.1, 0.15) is 193 Å². The Balaban J connectivity index is 0.00000106. The number of nitrogens with zero attached hydrogens (tertiary/aromatic N) is 4. The molecule has 97 heavy (non-hydrogen) atoms. The SMILES string of the molecule is CC.CC.CC.CC.CC.CC.CC.CC.CC1=Cc2ccccc2C1.CC1CCc2ccccc21.Cc1c[nH]c2ccccc12.Cc1cc2ccccc2cn1.Cc1ccc2ccccc2c1.Cc1ccc2ccccc2n1.Cc1ccc2cnccc2n1.Cc1ccccc1. The molecule has 0 aliphatic heterocycles. The predicted molar refractivity (Wildman–Crippen MR) is 438 cm³/mol. The van der Waals surface area contributed by atoms with Gasteiger partial charge < -0.3 is 4.98 Å².